The highest BCUT2D eigenvalue weighted by Gasteiger charge is 2.44. The summed E-state index contributed by atoms with van der Waals surface area (Å²) in [7, 11) is 0. The van der Waals surface area contributed by atoms with Crippen LogP contribution in [0.3, 0.4) is 0 Å². The van der Waals surface area contributed by atoms with Crippen LogP contribution in [-0.4, -0.2) is 25.0 Å². The van der Waals surface area contributed by atoms with Crippen molar-refractivity contribution in [1.82, 2.24) is 0 Å². The van der Waals surface area contributed by atoms with E-state index in [-0.39, 0.29) is 11.8 Å². The molecule has 0 N–H and O–H groups in total. The first-order chi connectivity index (χ1) is 15.5. The lowest BCUT2D eigenvalue weighted by Gasteiger charge is -2.21. The van der Waals surface area contributed by atoms with Gasteiger partial charge in [0.2, 0.25) is 0 Å². The number of para-hydroxylation sites is 1. The molecule has 1 aromatic heterocycles. The fourth-order valence-corrected chi connectivity index (χ4v) is 4.93. The Morgan fingerprint density at radius 2 is 1.75 bits per heavy atom. The van der Waals surface area contributed by atoms with Crippen molar-refractivity contribution in [2.75, 3.05) is 23.0 Å². The molecule has 0 bridgehead atoms. The lowest BCUT2D eigenvalue weighted by atomic mass is 10.1. The highest BCUT2D eigenvalue weighted by molar-refractivity contribution is 7.11. The number of anilines is 2. The maximum Gasteiger partial charge on any atom is 0.282 e. The third-order valence-electron chi connectivity index (χ3n) is 5.66. The van der Waals surface area contributed by atoms with Crippen molar-refractivity contribution in [3.8, 4) is 5.75 Å². The molecule has 2 aliphatic heterocycles. The summed E-state index contributed by atoms with van der Waals surface area (Å²) in [4.78, 5) is 31.4. The number of amides is 2. The quantitative estimate of drug-likeness (QED) is 0.495. The zero-order valence-electron chi connectivity index (χ0n) is 18.1. The number of hydrogen-bond acceptors (Lipinski definition) is 5. The van der Waals surface area contributed by atoms with Gasteiger partial charge in [0.1, 0.15) is 11.4 Å². The summed E-state index contributed by atoms with van der Waals surface area (Å²) in [5.74, 6) is 0.570. The average molecular weight is 445 g/mol. The van der Waals surface area contributed by atoms with Gasteiger partial charge in [-0.3, -0.25) is 9.59 Å². The number of nitrogens with zero attached hydrogens (tertiary/aromatic N) is 2. The first kappa shape index (κ1) is 20.5. The van der Waals surface area contributed by atoms with E-state index >= 15 is 0 Å². The summed E-state index contributed by atoms with van der Waals surface area (Å²) in [6.07, 6.45) is 0.848. The molecule has 3 heterocycles. The summed E-state index contributed by atoms with van der Waals surface area (Å²) in [6, 6.07) is 19.1. The summed E-state index contributed by atoms with van der Waals surface area (Å²) in [5.41, 5.74) is 3.67. The van der Waals surface area contributed by atoms with Gasteiger partial charge in [0.15, 0.2) is 0 Å². The van der Waals surface area contributed by atoms with Gasteiger partial charge in [-0.05, 0) is 59.7 Å². The zero-order chi connectivity index (χ0) is 22.2. The van der Waals surface area contributed by atoms with Gasteiger partial charge in [0.25, 0.3) is 11.8 Å². The molecule has 2 amide bonds. The van der Waals surface area contributed by atoms with Crippen LogP contribution in [0.2, 0.25) is 0 Å². The van der Waals surface area contributed by atoms with E-state index in [2.05, 4.69) is 19.9 Å². The Morgan fingerprint density at radius 1 is 0.969 bits per heavy atom. The number of benzene rings is 2. The second kappa shape index (κ2) is 8.28. The highest BCUT2D eigenvalue weighted by Crippen LogP contribution is 2.41. The summed E-state index contributed by atoms with van der Waals surface area (Å²) < 4.78 is 5.75. The molecule has 0 saturated heterocycles. The molecule has 2 aliphatic rings. The normalized spacial score (nSPS) is 15.8. The van der Waals surface area contributed by atoms with Crippen LogP contribution in [0.25, 0.3) is 5.57 Å². The molecule has 32 heavy (non-hydrogen) atoms. The number of carbonyl (C=O) groups excluding carboxylic acids is 2. The second-order valence-corrected chi connectivity index (χ2v) is 9.32. The number of carbonyl (C=O) groups is 2. The van der Waals surface area contributed by atoms with Gasteiger partial charge < -0.3 is 9.64 Å². The number of fused-ring (bicyclic) bond motifs is 1. The van der Waals surface area contributed by atoms with Crippen LogP contribution in [0.4, 0.5) is 11.4 Å². The molecule has 0 aliphatic carbocycles. The fraction of sp³-hybridized carbons (Fsp3) is 0.231. The largest absolute Gasteiger partial charge is 0.493 e. The van der Waals surface area contributed by atoms with Crippen LogP contribution in [0.1, 0.15) is 24.3 Å². The smallest absolute Gasteiger partial charge is 0.282 e. The van der Waals surface area contributed by atoms with Crippen LogP contribution < -0.4 is 14.5 Å². The molecule has 2 aromatic carbocycles. The number of rotatable bonds is 6. The maximum absolute atomic E-state index is 13.7. The Kier molecular flexibility index (Phi) is 5.31. The van der Waals surface area contributed by atoms with E-state index in [0.29, 0.717) is 36.0 Å². The molecule has 5 nitrogen and oxygen atoms in total. The molecule has 3 aromatic rings. The van der Waals surface area contributed by atoms with Gasteiger partial charge in [-0.25, -0.2) is 4.90 Å². The summed E-state index contributed by atoms with van der Waals surface area (Å²) in [5, 5.41) is 1.93. The number of imide groups is 1. The predicted octanol–water partition coefficient (Wildman–Crippen LogP) is 5.13. The molecular formula is C26H24N2O3S. The maximum atomic E-state index is 13.7. The first-order valence-corrected chi connectivity index (χ1v) is 11.7. The minimum Gasteiger partial charge on any atom is -0.493 e. The van der Waals surface area contributed by atoms with Crippen molar-refractivity contribution in [2.24, 2.45) is 5.92 Å². The van der Waals surface area contributed by atoms with Gasteiger partial charge in [0.05, 0.1) is 17.9 Å². The Labute approximate surface area is 191 Å². The second-order valence-electron chi connectivity index (χ2n) is 8.38. The predicted molar refractivity (Wildman–Crippen MR) is 128 cm³/mol. The van der Waals surface area contributed by atoms with Gasteiger partial charge in [-0.2, -0.15) is 0 Å². The Morgan fingerprint density at radius 3 is 2.47 bits per heavy atom. The van der Waals surface area contributed by atoms with Crippen molar-refractivity contribution >= 4 is 40.1 Å². The topological polar surface area (TPSA) is 49.9 Å². The number of ether oxygens (including phenoxy) is 1. The van der Waals surface area contributed by atoms with Crippen LogP contribution in [0, 0.1) is 5.92 Å². The molecule has 162 valence electrons. The molecular weight excluding hydrogens is 420 g/mol. The molecule has 0 radical (unpaired) electrons. The van der Waals surface area contributed by atoms with Crippen molar-refractivity contribution in [1.29, 1.82) is 0 Å². The Balaban J connectivity index is 1.53. The lowest BCUT2D eigenvalue weighted by Crippen LogP contribution is -2.34. The third-order valence-corrected chi connectivity index (χ3v) is 6.55. The lowest BCUT2D eigenvalue weighted by molar-refractivity contribution is -0.120. The molecule has 5 rings (SSSR count). The SMILES string of the molecule is CC(C)COc1ccc(N2C(=O)C(c3cccs3)=C(N3CCc4ccccc43)C2=O)cc1. The van der Waals surface area contributed by atoms with Gasteiger partial charge >= 0.3 is 0 Å². The van der Waals surface area contributed by atoms with Gasteiger partial charge in [-0.1, -0.05) is 38.1 Å². The number of thiophene rings is 1. The van der Waals surface area contributed by atoms with Crippen molar-refractivity contribution < 1.29 is 14.3 Å². The molecule has 0 saturated carbocycles. The number of hydrogen-bond donors (Lipinski definition) is 0. The van der Waals surface area contributed by atoms with Crippen LogP contribution in [0.15, 0.2) is 71.7 Å². The molecule has 6 heteroatoms. The van der Waals surface area contributed by atoms with E-state index in [1.165, 1.54) is 21.8 Å². The van der Waals surface area contributed by atoms with Crippen molar-refractivity contribution in [3.05, 3.63) is 82.2 Å². The molecule has 0 spiro atoms. The van der Waals surface area contributed by atoms with E-state index in [4.69, 9.17) is 4.74 Å². The zero-order valence-corrected chi connectivity index (χ0v) is 18.9. The van der Waals surface area contributed by atoms with Crippen LogP contribution >= 0.6 is 11.3 Å². The monoisotopic (exact) mass is 444 g/mol. The Bertz CT molecular complexity index is 1200. The van der Waals surface area contributed by atoms with Crippen molar-refractivity contribution in [3.63, 3.8) is 0 Å². The Hall–Kier alpha value is -3.38. The van der Waals surface area contributed by atoms with Crippen LogP contribution in [0.5, 0.6) is 5.75 Å². The van der Waals surface area contributed by atoms with E-state index in [1.54, 1.807) is 12.1 Å². The fourth-order valence-electron chi connectivity index (χ4n) is 4.17. The standard InChI is InChI=1S/C26H24N2O3S/c1-17(2)16-31-20-11-9-19(10-12-20)28-25(29)23(22-8-5-15-32-22)24(26(28)30)27-14-13-18-6-3-4-7-21(18)27/h3-12,15,17H,13-14,16H2,1-2H3. The first-order valence-electron chi connectivity index (χ1n) is 10.8. The highest BCUT2D eigenvalue weighted by atomic mass is 32.1. The summed E-state index contributed by atoms with van der Waals surface area (Å²) in [6.45, 7) is 5.47. The molecule has 0 atom stereocenters. The van der Waals surface area contributed by atoms with E-state index in [9.17, 15) is 9.59 Å². The van der Waals surface area contributed by atoms with E-state index in [1.807, 2.05) is 52.7 Å². The minimum absolute atomic E-state index is 0.285. The summed E-state index contributed by atoms with van der Waals surface area (Å²) >= 11 is 1.47. The van der Waals surface area contributed by atoms with E-state index < -0.39 is 0 Å². The average Bonchev–Trinajstić information content (AvgIpc) is 3.51. The van der Waals surface area contributed by atoms with Crippen molar-refractivity contribution in [2.45, 2.75) is 20.3 Å². The minimum atomic E-state index is -0.286. The van der Waals surface area contributed by atoms with Gasteiger partial charge in [-0.15, -0.1) is 11.3 Å². The third kappa shape index (κ3) is 3.50. The van der Waals surface area contributed by atoms with Crippen LogP contribution in [-0.2, 0) is 16.0 Å². The van der Waals surface area contributed by atoms with Gasteiger partial charge in [0, 0.05) is 17.1 Å². The molecule has 0 unspecified atom stereocenters. The van der Waals surface area contributed by atoms with E-state index in [0.717, 1.165) is 22.7 Å². The molecule has 0 fully saturated rings.